The molecule has 20 heavy (non-hydrogen) atoms. The first kappa shape index (κ1) is 13.7. The monoisotopic (exact) mass is 275 g/mol. The van der Waals surface area contributed by atoms with E-state index < -0.39 is 0 Å². The number of hydrogen-bond acceptors (Lipinski definition) is 3. The fraction of sp³-hybridized carbons (Fsp3) is 0.647. The van der Waals surface area contributed by atoms with Crippen molar-refractivity contribution in [3.05, 3.63) is 23.8 Å². The van der Waals surface area contributed by atoms with Gasteiger partial charge in [-0.25, -0.2) is 0 Å². The minimum Gasteiger partial charge on any atom is -0.490 e. The number of ether oxygens (including phenoxy) is 2. The van der Waals surface area contributed by atoms with Crippen LogP contribution in [0.4, 0.5) is 0 Å². The number of benzene rings is 1. The van der Waals surface area contributed by atoms with Crippen LogP contribution in [0.2, 0.25) is 0 Å². The van der Waals surface area contributed by atoms with Gasteiger partial charge in [-0.3, -0.25) is 0 Å². The Morgan fingerprint density at radius 1 is 1.25 bits per heavy atom. The van der Waals surface area contributed by atoms with Gasteiger partial charge in [-0.1, -0.05) is 19.4 Å². The maximum atomic E-state index is 5.77. The molecule has 1 fully saturated rings. The average molecular weight is 275 g/mol. The molecule has 0 bridgehead atoms. The van der Waals surface area contributed by atoms with Crippen molar-refractivity contribution in [2.45, 2.75) is 51.6 Å². The summed E-state index contributed by atoms with van der Waals surface area (Å²) in [6.45, 7) is 6.00. The lowest BCUT2D eigenvalue weighted by Crippen LogP contribution is -2.22. The smallest absolute Gasteiger partial charge is 0.161 e. The second-order valence-electron chi connectivity index (χ2n) is 6.04. The van der Waals surface area contributed by atoms with Gasteiger partial charge in [0.05, 0.1) is 13.2 Å². The first-order valence-corrected chi connectivity index (χ1v) is 7.93. The van der Waals surface area contributed by atoms with Crippen LogP contribution < -0.4 is 14.8 Å². The molecule has 1 aliphatic heterocycles. The third-order valence-corrected chi connectivity index (χ3v) is 4.32. The molecule has 1 aromatic rings. The standard InChI is InChI=1S/C17H25NO2/c1-3-5-14-10-15(14)18-12(2)13-6-7-16-17(11-13)20-9-4-8-19-16/h6-7,11-12,14-15,18H,3-5,8-10H2,1-2H3. The van der Waals surface area contributed by atoms with Crippen molar-refractivity contribution in [2.75, 3.05) is 13.2 Å². The molecular formula is C17H25NO2. The third kappa shape index (κ3) is 3.09. The first-order chi connectivity index (χ1) is 9.78. The highest BCUT2D eigenvalue weighted by molar-refractivity contribution is 5.44. The zero-order valence-electron chi connectivity index (χ0n) is 12.5. The number of rotatable bonds is 5. The second kappa shape index (κ2) is 6.04. The quantitative estimate of drug-likeness (QED) is 0.889. The van der Waals surface area contributed by atoms with E-state index in [-0.39, 0.29) is 0 Å². The van der Waals surface area contributed by atoms with E-state index in [1.807, 2.05) is 6.07 Å². The van der Waals surface area contributed by atoms with E-state index >= 15 is 0 Å². The average Bonchev–Trinajstić information content (AvgIpc) is 3.21. The largest absolute Gasteiger partial charge is 0.490 e. The molecular weight excluding hydrogens is 250 g/mol. The summed E-state index contributed by atoms with van der Waals surface area (Å²) in [6.07, 6.45) is 4.94. The van der Waals surface area contributed by atoms with Crippen molar-refractivity contribution in [3.63, 3.8) is 0 Å². The van der Waals surface area contributed by atoms with Gasteiger partial charge in [0.2, 0.25) is 0 Å². The molecule has 1 heterocycles. The van der Waals surface area contributed by atoms with Crippen molar-refractivity contribution in [1.29, 1.82) is 0 Å². The van der Waals surface area contributed by atoms with Gasteiger partial charge in [-0.05, 0) is 43.4 Å². The molecule has 1 aliphatic carbocycles. The summed E-state index contributed by atoms with van der Waals surface area (Å²) in [6, 6.07) is 7.42. The van der Waals surface area contributed by atoms with E-state index in [9.17, 15) is 0 Å². The Kier molecular flexibility index (Phi) is 4.16. The van der Waals surface area contributed by atoms with Crippen LogP contribution in [0.1, 0.15) is 51.1 Å². The van der Waals surface area contributed by atoms with Crippen molar-refractivity contribution < 1.29 is 9.47 Å². The lowest BCUT2D eigenvalue weighted by atomic mass is 10.1. The molecule has 1 N–H and O–H groups in total. The van der Waals surface area contributed by atoms with Gasteiger partial charge < -0.3 is 14.8 Å². The van der Waals surface area contributed by atoms with Crippen molar-refractivity contribution >= 4 is 0 Å². The van der Waals surface area contributed by atoms with Gasteiger partial charge in [0.15, 0.2) is 11.5 Å². The molecule has 110 valence electrons. The Hall–Kier alpha value is -1.22. The predicted octanol–water partition coefficient (Wildman–Crippen LogP) is 3.69. The van der Waals surface area contributed by atoms with Gasteiger partial charge in [0.1, 0.15) is 0 Å². The SMILES string of the molecule is CCCC1CC1NC(C)c1ccc2c(c1)OCCCO2. The highest BCUT2D eigenvalue weighted by atomic mass is 16.5. The molecule has 0 aromatic heterocycles. The molecule has 3 unspecified atom stereocenters. The van der Waals surface area contributed by atoms with Crippen LogP contribution in [-0.2, 0) is 0 Å². The fourth-order valence-electron chi connectivity index (χ4n) is 3.01. The van der Waals surface area contributed by atoms with Gasteiger partial charge in [0, 0.05) is 18.5 Å². The predicted molar refractivity (Wildman–Crippen MR) is 80.4 cm³/mol. The lowest BCUT2D eigenvalue weighted by molar-refractivity contribution is 0.297. The summed E-state index contributed by atoms with van der Waals surface area (Å²) >= 11 is 0. The van der Waals surface area contributed by atoms with Crippen molar-refractivity contribution in [3.8, 4) is 11.5 Å². The van der Waals surface area contributed by atoms with Crippen LogP contribution in [0.15, 0.2) is 18.2 Å². The zero-order chi connectivity index (χ0) is 13.9. The summed E-state index contributed by atoms with van der Waals surface area (Å²) < 4.78 is 11.4. The number of nitrogens with one attached hydrogen (secondary N) is 1. The molecule has 3 heteroatoms. The van der Waals surface area contributed by atoms with E-state index in [2.05, 4.69) is 31.3 Å². The molecule has 3 nitrogen and oxygen atoms in total. The minimum absolute atomic E-state index is 0.374. The normalized spacial score (nSPS) is 25.9. The molecule has 1 aromatic carbocycles. The topological polar surface area (TPSA) is 30.5 Å². The fourth-order valence-corrected chi connectivity index (χ4v) is 3.01. The Morgan fingerprint density at radius 3 is 2.85 bits per heavy atom. The highest BCUT2D eigenvalue weighted by Gasteiger charge is 2.36. The molecule has 0 saturated heterocycles. The Bertz CT molecular complexity index is 460. The highest BCUT2D eigenvalue weighted by Crippen LogP contribution is 2.37. The Morgan fingerprint density at radius 2 is 2.05 bits per heavy atom. The van der Waals surface area contributed by atoms with Gasteiger partial charge in [-0.2, -0.15) is 0 Å². The molecule has 1 saturated carbocycles. The van der Waals surface area contributed by atoms with Crippen LogP contribution in [0.3, 0.4) is 0 Å². The van der Waals surface area contributed by atoms with E-state index in [0.29, 0.717) is 12.1 Å². The summed E-state index contributed by atoms with van der Waals surface area (Å²) in [7, 11) is 0. The molecule has 3 atom stereocenters. The molecule has 0 spiro atoms. The summed E-state index contributed by atoms with van der Waals surface area (Å²) in [5, 5.41) is 3.73. The molecule has 0 radical (unpaired) electrons. The summed E-state index contributed by atoms with van der Waals surface area (Å²) in [5.41, 5.74) is 1.29. The van der Waals surface area contributed by atoms with Gasteiger partial charge in [-0.15, -0.1) is 0 Å². The van der Waals surface area contributed by atoms with Crippen LogP contribution in [0, 0.1) is 5.92 Å². The van der Waals surface area contributed by atoms with Gasteiger partial charge in [0.25, 0.3) is 0 Å². The number of fused-ring (bicyclic) bond motifs is 1. The first-order valence-electron chi connectivity index (χ1n) is 7.93. The van der Waals surface area contributed by atoms with Crippen molar-refractivity contribution in [1.82, 2.24) is 5.32 Å². The summed E-state index contributed by atoms with van der Waals surface area (Å²) in [5.74, 6) is 2.67. The molecule has 0 amide bonds. The van der Waals surface area contributed by atoms with E-state index in [0.717, 1.165) is 37.1 Å². The van der Waals surface area contributed by atoms with E-state index in [1.165, 1.54) is 24.8 Å². The second-order valence-corrected chi connectivity index (χ2v) is 6.04. The molecule has 3 rings (SSSR count). The minimum atomic E-state index is 0.374. The van der Waals surface area contributed by atoms with Gasteiger partial charge >= 0.3 is 0 Å². The van der Waals surface area contributed by atoms with Crippen LogP contribution >= 0.6 is 0 Å². The Labute approximate surface area is 121 Å². The number of hydrogen-bond donors (Lipinski definition) is 1. The zero-order valence-corrected chi connectivity index (χ0v) is 12.5. The molecule has 2 aliphatic rings. The maximum Gasteiger partial charge on any atom is 0.161 e. The third-order valence-electron chi connectivity index (χ3n) is 4.32. The van der Waals surface area contributed by atoms with Crippen molar-refractivity contribution in [2.24, 2.45) is 5.92 Å². The van der Waals surface area contributed by atoms with Crippen LogP contribution in [0.5, 0.6) is 11.5 Å². The lowest BCUT2D eigenvalue weighted by Gasteiger charge is -2.16. The Balaban J connectivity index is 1.63. The van der Waals surface area contributed by atoms with E-state index in [4.69, 9.17) is 9.47 Å². The van der Waals surface area contributed by atoms with Crippen LogP contribution in [-0.4, -0.2) is 19.3 Å². The summed E-state index contributed by atoms with van der Waals surface area (Å²) in [4.78, 5) is 0. The maximum absolute atomic E-state index is 5.77. The van der Waals surface area contributed by atoms with Crippen LogP contribution in [0.25, 0.3) is 0 Å². The van der Waals surface area contributed by atoms with E-state index in [1.54, 1.807) is 0 Å².